The summed E-state index contributed by atoms with van der Waals surface area (Å²) >= 11 is 0. The maximum Gasteiger partial charge on any atom is 0.573 e. The fourth-order valence-corrected chi connectivity index (χ4v) is 3.16. The van der Waals surface area contributed by atoms with Gasteiger partial charge in [-0.25, -0.2) is 0 Å². The SMILES string of the molecule is C[C@@H]1C[C@H]1C(=O)NC[C@H]1CCN(c2ccc(OC(F)(F)F)cc2)C1. The Morgan fingerprint density at radius 3 is 2.58 bits per heavy atom. The van der Waals surface area contributed by atoms with E-state index < -0.39 is 6.36 Å². The summed E-state index contributed by atoms with van der Waals surface area (Å²) in [7, 11) is 0. The molecule has 0 unspecified atom stereocenters. The minimum absolute atomic E-state index is 0.148. The molecule has 132 valence electrons. The third-order valence-corrected chi connectivity index (χ3v) is 4.73. The van der Waals surface area contributed by atoms with Crippen LogP contribution in [0.4, 0.5) is 18.9 Å². The zero-order valence-electron chi connectivity index (χ0n) is 13.5. The Kier molecular flexibility index (Phi) is 4.60. The summed E-state index contributed by atoms with van der Waals surface area (Å²) in [6.45, 7) is 4.36. The summed E-state index contributed by atoms with van der Waals surface area (Å²) in [5.74, 6) is 0.989. The number of hydrogen-bond acceptors (Lipinski definition) is 3. The fraction of sp³-hybridized carbons (Fsp3) is 0.588. The van der Waals surface area contributed by atoms with Gasteiger partial charge < -0.3 is 15.0 Å². The first-order valence-electron chi connectivity index (χ1n) is 8.20. The highest BCUT2D eigenvalue weighted by atomic mass is 19.4. The van der Waals surface area contributed by atoms with Crippen molar-refractivity contribution in [3.05, 3.63) is 24.3 Å². The third-order valence-electron chi connectivity index (χ3n) is 4.73. The van der Waals surface area contributed by atoms with Crippen molar-refractivity contribution < 1.29 is 22.7 Å². The van der Waals surface area contributed by atoms with Crippen molar-refractivity contribution in [2.45, 2.75) is 26.1 Å². The molecule has 1 aromatic rings. The van der Waals surface area contributed by atoms with Crippen molar-refractivity contribution in [3.8, 4) is 5.75 Å². The van der Waals surface area contributed by atoms with E-state index in [-0.39, 0.29) is 17.6 Å². The van der Waals surface area contributed by atoms with Gasteiger partial charge in [-0.05, 0) is 48.9 Å². The summed E-state index contributed by atoms with van der Waals surface area (Å²) in [4.78, 5) is 14.0. The number of nitrogens with zero attached hydrogens (tertiary/aromatic N) is 1. The second kappa shape index (κ2) is 6.53. The van der Waals surface area contributed by atoms with Gasteiger partial charge in [0.1, 0.15) is 5.75 Å². The van der Waals surface area contributed by atoms with Crippen LogP contribution in [0.2, 0.25) is 0 Å². The highest BCUT2D eigenvalue weighted by Gasteiger charge is 2.39. The highest BCUT2D eigenvalue weighted by Crippen LogP contribution is 2.37. The molecule has 3 rings (SSSR count). The van der Waals surface area contributed by atoms with E-state index in [9.17, 15) is 18.0 Å². The van der Waals surface area contributed by atoms with Crippen LogP contribution in [0.3, 0.4) is 0 Å². The van der Waals surface area contributed by atoms with Crippen LogP contribution in [0.25, 0.3) is 0 Å². The highest BCUT2D eigenvalue weighted by molar-refractivity contribution is 5.81. The molecule has 1 aliphatic heterocycles. The van der Waals surface area contributed by atoms with Gasteiger partial charge in [0, 0.05) is 31.2 Å². The molecule has 1 heterocycles. The Morgan fingerprint density at radius 2 is 2.00 bits per heavy atom. The Morgan fingerprint density at radius 1 is 1.33 bits per heavy atom. The van der Waals surface area contributed by atoms with Crippen LogP contribution >= 0.6 is 0 Å². The number of rotatable bonds is 5. The number of benzene rings is 1. The quantitative estimate of drug-likeness (QED) is 0.894. The van der Waals surface area contributed by atoms with Gasteiger partial charge in [0.2, 0.25) is 5.91 Å². The third kappa shape index (κ3) is 4.33. The molecule has 1 amide bonds. The monoisotopic (exact) mass is 342 g/mol. The number of alkyl halides is 3. The molecular weight excluding hydrogens is 321 g/mol. The normalized spacial score (nSPS) is 26.3. The molecule has 1 aliphatic carbocycles. The lowest BCUT2D eigenvalue weighted by Crippen LogP contribution is -2.32. The van der Waals surface area contributed by atoms with E-state index >= 15 is 0 Å². The second-order valence-corrected chi connectivity index (χ2v) is 6.71. The molecule has 1 aromatic carbocycles. The van der Waals surface area contributed by atoms with Crippen molar-refractivity contribution in [3.63, 3.8) is 0 Å². The first-order chi connectivity index (χ1) is 11.3. The topological polar surface area (TPSA) is 41.6 Å². The molecule has 0 bridgehead atoms. The number of carbonyl (C=O) groups is 1. The standard InChI is InChI=1S/C17H21F3N2O2/c1-11-8-15(11)16(23)21-9-12-6-7-22(10-12)13-2-4-14(5-3-13)24-17(18,19)20/h2-5,11-12,15H,6-10H2,1H3,(H,21,23)/t11-,12-,15-/m1/s1. The van der Waals surface area contributed by atoms with E-state index in [2.05, 4.69) is 21.9 Å². The predicted molar refractivity (Wildman–Crippen MR) is 83.7 cm³/mol. The van der Waals surface area contributed by atoms with Crippen molar-refractivity contribution in [2.75, 3.05) is 24.5 Å². The van der Waals surface area contributed by atoms with Crippen LogP contribution in [0.1, 0.15) is 19.8 Å². The molecule has 1 saturated heterocycles. The molecule has 24 heavy (non-hydrogen) atoms. The van der Waals surface area contributed by atoms with E-state index in [1.54, 1.807) is 12.1 Å². The zero-order chi connectivity index (χ0) is 17.3. The van der Waals surface area contributed by atoms with Gasteiger partial charge >= 0.3 is 6.36 Å². The molecule has 2 fully saturated rings. The smallest absolute Gasteiger partial charge is 0.406 e. The molecule has 1 saturated carbocycles. The lowest BCUT2D eigenvalue weighted by atomic mass is 10.1. The van der Waals surface area contributed by atoms with Crippen LogP contribution in [-0.4, -0.2) is 31.9 Å². The Hall–Kier alpha value is -1.92. The lowest BCUT2D eigenvalue weighted by Gasteiger charge is -2.19. The fourth-order valence-electron chi connectivity index (χ4n) is 3.16. The number of hydrogen-bond donors (Lipinski definition) is 1. The maximum atomic E-state index is 12.2. The van der Waals surface area contributed by atoms with Crippen molar-refractivity contribution >= 4 is 11.6 Å². The molecule has 1 N–H and O–H groups in total. The molecule has 4 nitrogen and oxygen atoms in total. The summed E-state index contributed by atoms with van der Waals surface area (Å²) in [6.07, 6.45) is -2.73. The van der Waals surface area contributed by atoms with Crippen LogP contribution in [0.5, 0.6) is 5.75 Å². The Labute approximate surface area is 139 Å². The van der Waals surface area contributed by atoms with E-state index in [1.165, 1.54) is 12.1 Å². The molecule has 0 radical (unpaired) electrons. The van der Waals surface area contributed by atoms with E-state index in [4.69, 9.17) is 0 Å². The average Bonchev–Trinajstić information content (AvgIpc) is 3.06. The molecular formula is C17H21F3N2O2. The average molecular weight is 342 g/mol. The molecule has 2 aliphatic rings. The second-order valence-electron chi connectivity index (χ2n) is 6.71. The molecule has 3 atom stereocenters. The lowest BCUT2D eigenvalue weighted by molar-refractivity contribution is -0.274. The van der Waals surface area contributed by atoms with E-state index in [0.29, 0.717) is 18.4 Å². The predicted octanol–water partition coefficient (Wildman–Crippen LogP) is 3.18. The van der Waals surface area contributed by atoms with Crippen molar-refractivity contribution in [2.24, 2.45) is 17.8 Å². The van der Waals surface area contributed by atoms with E-state index in [0.717, 1.165) is 31.6 Å². The number of anilines is 1. The Bertz CT molecular complexity index is 588. The summed E-state index contributed by atoms with van der Waals surface area (Å²) < 4.78 is 40.4. The number of carbonyl (C=O) groups excluding carboxylic acids is 1. The zero-order valence-corrected chi connectivity index (χ0v) is 13.5. The van der Waals surface area contributed by atoms with Gasteiger partial charge in [-0.1, -0.05) is 6.92 Å². The van der Waals surface area contributed by atoms with Gasteiger partial charge in [0.25, 0.3) is 0 Å². The van der Waals surface area contributed by atoms with Gasteiger partial charge in [-0.15, -0.1) is 13.2 Å². The summed E-state index contributed by atoms with van der Waals surface area (Å²) in [5, 5.41) is 3.01. The largest absolute Gasteiger partial charge is 0.573 e. The van der Waals surface area contributed by atoms with Gasteiger partial charge in [0.15, 0.2) is 0 Å². The molecule has 0 aromatic heterocycles. The van der Waals surface area contributed by atoms with Crippen LogP contribution in [-0.2, 0) is 4.79 Å². The minimum Gasteiger partial charge on any atom is -0.406 e. The van der Waals surface area contributed by atoms with Gasteiger partial charge in [-0.3, -0.25) is 4.79 Å². The van der Waals surface area contributed by atoms with Gasteiger partial charge in [-0.2, -0.15) is 0 Å². The Balaban J connectivity index is 1.47. The number of nitrogens with one attached hydrogen (secondary N) is 1. The first-order valence-corrected chi connectivity index (χ1v) is 8.20. The number of ether oxygens (including phenoxy) is 1. The summed E-state index contributed by atoms with van der Waals surface area (Å²) in [5.41, 5.74) is 0.870. The number of amides is 1. The van der Waals surface area contributed by atoms with Crippen molar-refractivity contribution in [1.29, 1.82) is 0 Å². The first kappa shape index (κ1) is 16.9. The van der Waals surface area contributed by atoms with Crippen LogP contribution < -0.4 is 15.0 Å². The maximum absolute atomic E-state index is 12.2. The minimum atomic E-state index is -4.67. The van der Waals surface area contributed by atoms with Gasteiger partial charge in [0.05, 0.1) is 0 Å². The summed E-state index contributed by atoms with van der Waals surface area (Å²) in [6, 6.07) is 5.92. The van der Waals surface area contributed by atoms with Crippen LogP contribution in [0, 0.1) is 17.8 Å². The molecule has 7 heteroatoms. The molecule has 0 spiro atoms. The van der Waals surface area contributed by atoms with E-state index in [1.807, 2.05) is 0 Å². The number of halogens is 3. The van der Waals surface area contributed by atoms with Crippen molar-refractivity contribution in [1.82, 2.24) is 5.32 Å². The van der Waals surface area contributed by atoms with Crippen LogP contribution in [0.15, 0.2) is 24.3 Å².